The molecule has 78 valence electrons. The van der Waals surface area contributed by atoms with E-state index in [-0.39, 0.29) is 25.7 Å². The van der Waals surface area contributed by atoms with E-state index in [1.807, 2.05) is 0 Å². The lowest BCUT2D eigenvalue weighted by molar-refractivity contribution is 0.124. The highest BCUT2D eigenvalue weighted by atomic mass is 16.5. The normalized spacial score (nSPS) is 8.62. The van der Waals surface area contributed by atoms with Crippen LogP contribution >= 0.6 is 0 Å². The predicted octanol–water partition coefficient (Wildman–Crippen LogP) is 0.260. The van der Waals surface area contributed by atoms with Gasteiger partial charge >= 0.3 is 0 Å². The smallest absolute Gasteiger partial charge is 0.0829 e. The first-order chi connectivity index (χ1) is 6.26. The third-order valence-corrected chi connectivity index (χ3v) is 1.25. The largest absolute Gasteiger partial charge is 0.474 e. The molecule has 0 aromatic rings. The maximum atomic E-state index is 8.39. The third-order valence-electron chi connectivity index (χ3n) is 1.25. The summed E-state index contributed by atoms with van der Waals surface area (Å²) in [5.74, 6) is -0.139. The Balaban J connectivity index is 0. The van der Waals surface area contributed by atoms with Crippen molar-refractivity contribution in [3.63, 3.8) is 0 Å². The van der Waals surface area contributed by atoms with E-state index in [4.69, 9.17) is 15.3 Å². The first kappa shape index (κ1) is 14.7. The second-order valence-corrected chi connectivity index (χ2v) is 2.21. The van der Waals surface area contributed by atoms with Gasteiger partial charge in [-0.15, -0.1) is 0 Å². The topological polar surface area (TPSA) is 69.9 Å². The molecule has 0 aromatic carbocycles. The third kappa shape index (κ3) is 14.1. The first-order valence-electron chi connectivity index (χ1n) is 3.96. The summed E-state index contributed by atoms with van der Waals surface area (Å²) in [7, 11) is 0. The summed E-state index contributed by atoms with van der Waals surface area (Å²) in [5, 5.41) is 25.0. The van der Waals surface area contributed by atoms with Crippen molar-refractivity contribution in [3.05, 3.63) is 25.7 Å². The highest BCUT2D eigenvalue weighted by Gasteiger charge is 2.02. The minimum atomic E-state index is -0.139. The fourth-order valence-corrected chi connectivity index (χ4v) is 0.491. The molecule has 0 unspecified atom stereocenters. The number of aliphatic hydroxyl groups excluding tert-OH is 3. The van der Waals surface area contributed by atoms with E-state index in [2.05, 4.69) is 17.9 Å². The SMILES string of the molecule is C=COC=C.OCCC(CO)CO. The Kier molecular flexibility index (Phi) is 15.5. The van der Waals surface area contributed by atoms with Gasteiger partial charge in [-0.2, -0.15) is 0 Å². The van der Waals surface area contributed by atoms with Gasteiger partial charge in [-0.3, -0.25) is 0 Å². The van der Waals surface area contributed by atoms with E-state index in [9.17, 15) is 0 Å². The van der Waals surface area contributed by atoms with Gasteiger partial charge in [0.05, 0.1) is 12.5 Å². The van der Waals surface area contributed by atoms with Gasteiger partial charge in [-0.25, -0.2) is 0 Å². The molecule has 13 heavy (non-hydrogen) atoms. The first-order valence-corrected chi connectivity index (χ1v) is 3.96. The van der Waals surface area contributed by atoms with E-state index in [0.717, 1.165) is 0 Å². The van der Waals surface area contributed by atoms with Crippen LogP contribution in [0, 0.1) is 5.92 Å². The van der Waals surface area contributed by atoms with Gasteiger partial charge in [0.1, 0.15) is 0 Å². The molecule has 3 N–H and O–H groups in total. The molecule has 0 amide bonds. The monoisotopic (exact) mass is 190 g/mol. The van der Waals surface area contributed by atoms with Crippen LogP contribution in [0.15, 0.2) is 25.7 Å². The zero-order chi connectivity index (χ0) is 10.5. The number of hydrogen-bond donors (Lipinski definition) is 3. The van der Waals surface area contributed by atoms with Crippen LogP contribution in [-0.4, -0.2) is 35.1 Å². The van der Waals surface area contributed by atoms with Crippen molar-refractivity contribution >= 4 is 0 Å². The molecule has 4 nitrogen and oxygen atoms in total. The van der Waals surface area contributed by atoms with Gasteiger partial charge in [0.2, 0.25) is 0 Å². The van der Waals surface area contributed by atoms with Gasteiger partial charge in [0.25, 0.3) is 0 Å². The van der Waals surface area contributed by atoms with Crippen LogP contribution in [0.1, 0.15) is 6.42 Å². The number of hydrogen-bond acceptors (Lipinski definition) is 4. The highest BCUT2D eigenvalue weighted by Crippen LogP contribution is 1.97. The van der Waals surface area contributed by atoms with E-state index in [1.165, 1.54) is 12.5 Å². The molecule has 0 saturated carbocycles. The van der Waals surface area contributed by atoms with E-state index in [0.29, 0.717) is 6.42 Å². The Hall–Kier alpha value is -0.840. The molecule has 0 aliphatic heterocycles. The predicted molar refractivity (Wildman–Crippen MR) is 50.8 cm³/mol. The summed E-state index contributed by atoms with van der Waals surface area (Å²) < 4.78 is 4.36. The average molecular weight is 190 g/mol. The highest BCUT2D eigenvalue weighted by molar-refractivity contribution is 4.57. The van der Waals surface area contributed by atoms with Gasteiger partial charge in [-0.1, -0.05) is 13.2 Å². The molecule has 0 spiro atoms. The molecule has 0 heterocycles. The Morgan fingerprint density at radius 3 is 1.62 bits per heavy atom. The van der Waals surface area contributed by atoms with Crippen molar-refractivity contribution < 1.29 is 20.1 Å². The summed E-state index contributed by atoms with van der Waals surface area (Å²) >= 11 is 0. The standard InChI is InChI=1S/C5H12O3.C4H6O/c6-2-1-5(3-7)4-8;1-3-5-4-2/h5-8H,1-4H2;3-4H,1-2H2. The fourth-order valence-electron chi connectivity index (χ4n) is 0.491. The van der Waals surface area contributed by atoms with Crippen LogP contribution < -0.4 is 0 Å². The van der Waals surface area contributed by atoms with Gasteiger partial charge in [0, 0.05) is 25.7 Å². The molecule has 0 aliphatic rings. The zero-order valence-electron chi connectivity index (χ0n) is 7.72. The van der Waals surface area contributed by atoms with Crippen molar-refractivity contribution in [2.24, 2.45) is 5.92 Å². The Labute approximate surface area is 78.8 Å². The van der Waals surface area contributed by atoms with Crippen LogP contribution in [0.3, 0.4) is 0 Å². The van der Waals surface area contributed by atoms with Gasteiger partial charge < -0.3 is 20.1 Å². The molecule has 0 rings (SSSR count). The quantitative estimate of drug-likeness (QED) is 0.525. The minimum Gasteiger partial charge on any atom is -0.474 e. The minimum absolute atomic E-state index is 0.0335. The van der Waals surface area contributed by atoms with Crippen molar-refractivity contribution in [2.45, 2.75) is 6.42 Å². The molecule has 4 heteroatoms. The van der Waals surface area contributed by atoms with Crippen LogP contribution in [-0.2, 0) is 4.74 Å². The van der Waals surface area contributed by atoms with E-state index < -0.39 is 0 Å². The molecule has 0 aliphatic carbocycles. The van der Waals surface area contributed by atoms with Gasteiger partial charge in [-0.05, 0) is 6.42 Å². The van der Waals surface area contributed by atoms with Crippen LogP contribution in [0.5, 0.6) is 0 Å². The maximum absolute atomic E-state index is 8.39. The summed E-state index contributed by atoms with van der Waals surface area (Å²) in [4.78, 5) is 0. The Morgan fingerprint density at radius 2 is 1.54 bits per heavy atom. The average Bonchev–Trinajstić information content (AvgIpc) is 2.16. The molecule has 0 bridgehead atoms. The Bertz CT molecular complexity index is 104. The second kappa shape index (κ2) is 13.7. The zero-order valence-corrected chi connectivity index (χ0v) is 7.72. The number of rotatable bonds is 6. The lowest BCUT2D eigenvalue weighted by atomic mass is 10.1. The maximum Gasteiger partial charge on any atom is 0.0829 e. The molecule has 0 fully saturated rings. The van der Waals surface area contributed by atoms with Crippen molar-refractivity contribution in [1.82, 2.24) is 0 Å². The van der Waals surface area contributed by atoms with Crippen LogP contribution in [0.25, 0.3) is 0 Å². The number of ether oxygens (including phenoxy) is 1. The van der Waals surface area contributed by atoms with Crippen molar-refractivity contribution in [2.75, 3.05) is 19.8 Å². The van der Waals surface area contributed by atoms with E-state index >= 15 is 0 Å². The van der Waals surface area contributed by atoms with E-state index in [1.54, 1.807) is 0 Å². The molecule has 0 saturated heterocycles. The molecule has 0 radical (unpaired) electrons. The van der Waals surface area contributed by atoms with Crippen molar-refractivity contribution in [1.29, 1.82) is 0 Å². The number of aliphatic hydroxyl groups is 3. The second-order valence-electron chi connectivity index (χ2n) is 2.21. The summed E-state index contributed by atoms with van der Waals surface area (Å²) in [5.41, 5.74) is 0. The van der Waals surface area contributed by atoms with Crippen LogP contribution in [0.4, 0.5) is 0 Å². The Morgan fingerprint density at radius 1 is 1.08 bits per heavy atom. The summed E-state index contributed by atoms with van der Waals surface area (Å²) in [6.07, 6.45) is 3.10. The lowest BCUT2D eigenvalue weighted by Gasteiger charge is -2.06. The summed E-state index contributed by atoms with van der Waals surface area (Å²) in [6.45, 7) is 6.46. The fraction of sp³-hybridized carbons (Fsp3) is 0.556. The lowest BCUT2D eigenvalue weighted by Crippen LogP contribution is -2.12. The molecule has 0 aromatic heterocycles. The molecular weight excluding hydrogens is 172 g/mol. The molecular formula is C9H18O4. The summed E-state index contributed by atoms with van der Waals surface area (Å²) in [6, 6.07) is 0. The molecule has 0 atom stereocenters. The van der Waals surface area contributed by atoms with Crippen LogP contribution in [0.2, 0.25) is 0 Å². The van der Waals surface area contributed by atoms with Crippen molar-refractivity contribution in [3.8, 4) is 0 Å². The van der Waals surface area contributed by atoms with Gasteiger partial charge in [0.15, 0.2) is 0 Å².